The molecule has 8 heteroatoms. The number of benzene rings is 1. The first-order chi connectivity index (χ1) is 13.5. The Bertz CT molecular complexity index is 985. The maximum absolute atomic E-state index is 12.9. The summed E-state index contributed by atoms with van der Waals surface area (Å²) in [6.07, 6.45) is -0.848. The summed E-state index contributed by atoms with van der Waals surface area (Å²) in [5.74, 6) is -0.572. The highest BCUT2D eigenvalue weighted by molar-refractivity contribution is 6.07. The van der Waals surface area contributed by atoms with Crippen molar-refractivity contribution in [3.63, 3.8) is 0 Å². The minimum absolute atomic E-state index is 0.0193. The molecule has 0 bridgehead atoms. The summed E-state index contributed by atoms with van der Waals surface area (Å²) in [5, 5.41) is 10.00. The van der Waals surface area contributed by atoms with E-state index in [0.717, 1.165) is 10.9 Å². The van der Waals surface area contributed by atoms with Gasteiger partial charge in [-0.1, -0.05) is 6.07 Å². The zero-order valence-corrected chi connectivity index (χ0v) is 17.3. The monoisotopic (exact) mass is 402 g/mol. The quantitative estimate of drug-likeness (QED) is 0.763. The van der Waals surface area contributed by atoms with E-state index in [0.29, 0.717) is 30.7 Å². The van der Waals surface area contributed by atoms with Crippen molar-refractivity contribution in [1.29, 1.82) is 0 Å². The Morgan fingerprint density at radius 2 is 1.90 bits per heavy atom. The average molecular weight is 402 g/mol. The molecule has 1 atom stereocenters. The largest absolute Gasteiger partial charge is 0.465 e. The number of fused-ring (bicyclic) bond motifs is 1. The summed E-state index contributed by atoms with van der Waals surface area (Å²) in [6, 6.07) is 5.29. The fourth-order valence-electron chi connectivity index (χ4n) is 3.83. The Hall–Kier alpha value is -3.03. The van der Waals surface area contributed by atoms with Gasteiger partial charge in [0.2, 0.25) is 0 Å². The molecular weight excluding hydrogens is 376 g/mol. The number of ether oxygens (including phenoxy) is 2. The topological polar surface area (TPSA) is 98.1 Å². The van der Waals surface area contributed by atoms with Crippen LogP contribution in [0.15, 0.2) is 18.2 Å². The van der Waals surface area contributed by atoms with Crippen LogP contribution in [-0.2, 0) is 9.47 Å². The highest BCUT2D eigenvalue weighted by Crippen LogP contribution is 2.36. The van der Waals surface area contributed by atoms with Gasteiger partial charge in [-0.25, -0.2) is 19.0 Å². The number of esters is 1. The van der Waals surface area contributed by atoms with E-state index >= 15 is 0 Å². The first kappa shape index (κ1) is 20.7. The number of hydrogen-bond donors (Lipinski definition) is 1. The lowest BCUT2D eigenvalue weighted by Crippen LogP contribution is -2.28. The summed E-state index contributed by atoms with van der Waals surface area (Å²) < 4.78 is 11.8. The van der Waals surface area contributed by atoms with Crippen LogP contribution in [0.25, 0.3) is 10.9 Å². The summed E-state index contributed by atoms with van der Waals surface area (Å²) in [6.45, 7) is 7.92. The van der Waals surface area contributed by atoms with E-state index in [-0.39, 0.29) is 11.5 Å². The maximum atomic E-state index is 12.9. The highest BCUT2D eigenvalue weighted by Gasteiger charge is 2.31. The van der Waals surface area contributed by atoms with Gasteiger partial charge in [-0.15, -0.1) is 0 Å². The van der Waals surface area contributed by atoms with Crippen LogP contribution in [0.3, 0.4) is 0 Å². The lowest BCUT2D eigenvalue weighted by Gasteiger charge is -2.21. The van der Waals surface area contributed by atoms with E-state index in [2.05, 4.69) is 0 Å². The van der Waals surface area contributed by atoms with Crippen LogP contribution in [0.4, 0.5) is 9.59 Å². The van der Waals surface area contributed by atoms with Crippen molar-refractivity contribution in [1.82, 2.24) is 9.47 Å². The average Bonchev–Trinajstić information content (AvgIpc) is 3.23. The summed E-state index contributed by atoms with van der Waals surface area (Å²) >= 11 is 0. The van der Waals surface area contributed by atoms with E-state index in [1.807, 2.05) is 12.1 Å². The lowest BCUT2D eigenvalue weighted by molar-refractivity contribution is 0.0541. The van der Waals surface area contributed by atoms with Crippen molar-refractivity contribution in [2.45, 2.75) is 45.6 Å². The van der Waals surface area contributed by atoms with Crippen LogP contribution < -0.4 is 0 Å². The third-order valence-electron chi connectivity index (χ3n) is 5.06. The van der Waals surface area contributed by atoms with Crippen LogP contribution in [0, 0.1) is 6.92 Å². The number of likely N-dealkylation sites (tertiary alicyclic amines) is 1. The molecule has 1 N–H and O–H groups in total. The standard InChI is InChI=1S/C21H26N2O6/c1-12-10-16-14(13-8-9-22(11-13)19(25)26)6-7-15(18(24)28-5)17(16)23(12)20(27)29-21(2,3)4/h6-7,10,13H,8-9,11H2,1-5H3,(H,25,26). The molecule has 2 heterocycles. The third-order valence-corrected chi connectivity index (χ3v) is 5.06. The molecule has 0 spiro atoms. The van der Waals surface area contributed by atoms with E-state index in [4.69, 9.17) is 9.47 Å². The van der Waals surface area contributed by atoms with Gasteiger partial charge >= 0.3 is 18.2 Å². The van der Waals surface area contributed by atoms with E-state index in [1.165, 1.54) is 16.6 Å². The number of rotatable bonds is 2. The Labute approximate surface area is 169 Å². The number of hydrogen-bond acceptors (Lipinski definition) is 5. The van der Waals surface area contributed by atoms with Crippen molar-refractivity contribution < 1.29 is 29.0 Å². The Morgan fingerprint density at radius 3 is 2.45 bits per heavy atom. The van der Waals surface area contributed by atoms with Crippen LogP contribution in [-0.4, -0.2) is 58.5 Å². The second-order valence-corrected chi connectivity index (χ2v) is 8.27. The van der Waals surface area contributed by atoms with Crippen molar-refractivity contribution in [2.24, 2.45) is 0 Å². The fraction of sp³-hybridized carbons (Fsp3) is 0.476. The molecular formula is C21H26N2O6. The molecule has 1 aliphatic rings. The molecule has 1 aromatic carbocycles. The van der Waals surface area contributed by atoms with Gasteiger partial charge in [0, 0.05) is 30.1 Å². The van der Waals surface area contributed by atoms with Gasteiger partial charge in [-0.2, -0.15) is 0 Å². The smallest absolute Gasteiger partial charge is 0.419 e. The minimum Gasteiger partial charge on any atom is -0.465 e. The van der Waals surface area contributed by atoms with Gasteiger partial charge in [0.15, 0.2) is 0 Å². The van der Waals surface area contributed by atoms with Gasteiger partial charge in [0.05, 0.1) is 18.2 Å². The Morgan fingerprint density at radius 1 is 1.21 bits per heavy atom. The molecule has 29 heavy (non-hydrogen) atoms. The van der Waals surface area contributed by atoms with Gasteiger partial charge in [-0.05, 0) is 51.8 Å². The van der Waals surface area contributed by atoms with Crippen molar-refractivity contribution in [3.8, 4) is 0 Å². The molecule has 2 aromatic rings. The molecule has 1 saturated heterocycles. The fourth-order valence-corrected chi connectivity index (χ4v) is 3.83. The van der Waals surface area contributed by atoms with Crippen LogP contribution in [0.2, 0.25) is 0 Å². The zero-order valence-electron chi connectivity index (χ0n) is 17.3. The molecule has 1 unspecified atom stereocenters. The number of methoxy groups -OCH3 is 1. The molecule has 0 radical (unpaired) electrons. The number of nitrogens with zero attached hydrogens (tertiary/aromatic N) is 2. The molecule has 3 rings (SSSR count). The SMILES string of the molecule is COC(=O)c1ccc(C2CCN(C(=O)O)C2)c2cc(C)n(C(=O)OC(C)(C)C)c12. The van der Waals surface area contributed by atoms with Crippen LogP contribution in [0.1, 0.15) is 54.7 Å². The predicted octanol–water partition coefficient (Wildman–Crippen LogP) is 3.99. The molecule has 8 nitrogen and oxygen atoms in total. The first-order valence-corrected chi connectivity index (χ1v) is 9.48. The second kappa shape index (κ2) is 7.42. The maximum Gasteiger partial charge on any atom is 0.419 e. The number of aryl methyl sites for hydroxylation is 1. The van der Waals surface area contributed by atoms with Crippen LogP contribution in [0.5, 0.6) is 0 Å². The van der Waals surface area contributed by atoms with Crippen molar-refractivity contribution in [2.75, 3.05) is 20.2 Å². The molecule has 0 saturated carbocycles. The normalized spacial score (nSPS) is 16.9. The van der Waals surface area contributed by atoms with Gasteiger partial charge in [-0.3, -0.25) is 0 Å². The lowest BCUT2D eigenvalue weighted by atomic mass is 9.93. The Kier molecular flexibility index (Phi) is 5.30. The molecule has 1 aromatic heterocycles. The van der Waals surface area contributed by atoms with Crippen molar-refractivity contribution >= 4 is 29.1 Å². The molecule has 156 valence electrons. The summed E-state index contributed by atoms with van der Waals surface area (Å²) in [7, 11) is 1.29. The third kappa shape index (κ3) is 3.92. The number of carbonyl (C=O) groups excluding carboxylic acids is 2. The van der Waals surface area contributed by atoms with E-state index in [9.17, 15) is 19.5 Å². The Balaban J connectivity index is 2.18. The van der Waals surface area contributed by atoms with Gasteiger partial charge in [0.25, 0.3) is 0 Å². The zero-order chi connectivity index (χ0) is 21.5. The molecule has 1 aliphatic heterocycles. The number of aromatic nitrogens is 1. The van der Waals surface area contributed by atoms with Crippen LogP contribution >= 0.6 is 0 Å². The summed E-state index contributed by atoms with van der Waals surface area (Å²) in [4.78, 5) is 38.0. The van der Waals surface area contributed by atoms with Gasteiger partial charge in [0.1, 0.15) is 5.60 Å². The van der Waals surface area contributed by atoms with E-state index in [1.54, 1.807) is 33.8 Å². The van der Waals surface area contributed by atoms with Gasteiger partial charge < -0.3 is 19.5 Å². The number of amides is 1. The molecule has 0 aliphatic carbocycles. The predicted molar refractivity (Wildman–Crippen MR) is 107 cm³/mol. The highest BCUT2D eigenvalue weighted by atomic mass is 16.6. The minimum atomic E-state index is -0.947. The van der Waals surface area contributed by atoms with Crippen molar-refractivity contribution in [3.05, 3.63) is 35.0 Å². The molecule has 1 amide bonds. The van der Waals surface area contributed by atoms with E-state index < -0.39 is 23.8 Å². The molecule has 1 fully saturated rings. The number of carboxylic acid groups (broad SMARTS) is 1. The summed E-state index contributed by atoms with van der Waals surface area (Å²) in [5.41, 5.74) is 1.52. The first-order valence-electron chi connectivity index (χ1n) is 9.48. The second-order valence-electron chi connectivity index (χ2n) is 8.27. The number of carbonyl (C=O) groups is 3.